The number of nitrogens with one attached hydrogen (secondary N) is 1. The Morgan fingerprint density at radius 2 is 1.71 bits per heavy atom. The number of rotatable bonds is 7. The molecule has 3 heteroatoms. The Bertz CT molecular complexity index is 566. The third-order valence-electron chi connectivity index (χ3n) is 3.08. The molecule has 2 aromatic rings. The van der Waals surface area contributed by atoms with Gasteiger partial charge in [-0.25, -0.2) is 0 Å². The van der Waals surface area contributed by atoms with E-state index in [0.29, 0.717) is 18.6 Å². The monoisotopic (exact) mass is 281 g/mol. The van der Waals surface area contributed by atoms with E-state index in [9.17, 15) is 4.79 Å². The van der Waals surface area contributed by atoms with E-state index in [2.05, 4.69) is 11.9 Å². The molecule has 0 aromatic heterocycles. The Hall–Kier alpha value is -2.55. The molecule has 108 valence electrons. The van der Waals surface area contributed by atoms with Crippen molar-refractivity contribution in [1.82, 2.24) is 5.32 Å². The fraction of sp³-hybridized carbons (Fsp3) is 0.167. The minimum absolute atomic E-state index is 0.0970. The maximum absolute atomic E-state index is 12.0. The van der Waals surface area contributed by atoms with Gasteiger partial charge >= 0.3 is 0 Å². The fourth-order valence-corrected chi connectivity index (χ4v) is 1.91. The van der Waals surface area contributed by atoms with Crippen LogP contribution in [0.25, 0.3) is 0 Å². The summed E-state index contributed by atoms with van der Waals surface area (Å²) in [7, 11) is 0. The standard InChI is InChI=1S/C18H19NO2/c1-2-16(13-14-21-17-11-7-4-8-12-17)19-18(20)15-9-5-3-6-10-15/h2-12,16H,1,13-14H2,(H,19,20)/t16-/m0/s1. The molecule has 2 aromatic carbocycles. The molecule has 21 heavy (non-hydrogen) atoms. The summed E-state index contributed by atoms with van der Waals surface area (Å²) in [6.07, 6.45) is 2.41. The van der Waals surface area contributed by atoms with Crippen molar-refractivity contribution < 1.29 is 9.53 Å². The van der Waals surface area contributed by atoms with E-state index in [0.717, 1.165) is 5.75 Å². The quantitative estimate of drug-likeness (QED) is 0.789. The summed E-state index contributed by atoms with van der Waals surface area (Å²) < 4.78 is 5.63. The first-order chi connectivity index (χ1) is 10.3. The summed E-state index contributed by atoms with van der Waals surface area (Å²) in [6, 6.07) is 18.7. The Morgan fingerprint density at radius 3 is 2.33 bits per heavy atom. The van der Waals surface area contributed by atoms with Crippen molar-refractivity contribution >= 4 is 5.91 Å². The molecular weight excluding hydrogens is 262 g/mol. The van der Waals surface area contributed by atoms with E-state index in [4.69, 9.17) is 4.74 Å². The first kappa shape index (κ1) is 14.9. The number of para-hydroxylation sites is 1. The van der Waals surface area contributed by atoms with Crippen LogP contribution in [0.15, 0.2) is 73.3 Å². The lowest BCUT2D eigenvalue weighted by molar-refractivity contribution is 0.0940. The number of benzene rings is 2. The number of carbonyl (C=O) groups excluding carboxylic acids is 1. The van der Waals surface area contributed by atoms with Gasteiger partial charge in [0.2, 0.25) is 0 Å². The van der Waals surface area contributed by atoms with Gasteiger partial charge in [0.15, 0.2) is 0 Å². The van der Waals surface area contributed by atoms with Crippen molar-refractivity contribution in [1.29, 1.82) is 0 Å². The van der Waals surface area contributed by atoms with Gasteiger partial charge in [0, 0.05) is 12.0 Å². The van der Waals surface area contributed by atoms with Gasteiger partial charge in [-0.2, -0.15) is 0 Å². The van der Waals surface area contributed by atoms with E-state index in [1.807, 2.05) is 48.5 Å². The second kappa shape index (κ2) is 7.90. The van der Waals surface area contributed by atoms with Gasteiger partial charge in [0.25, 0.3) is 5.91 Å². The highest BCUT2D eigenvalue weighted by atomic mass is 16.5. The molecule has 0 aliphatic heterocycles. The lowest BCUT2D eigenvalue weighted by Crippen LogP contribution is -2.34. The average Bonchev–Trinajstić information content (AvgIpc) is 2.55. The minimum Gasteiger partial charge on any atom is -0.494 e. The smallest absolute Gasteiger partial charge is 0.251 e. The summed E-state index contributed by atoms with van der Waals surface area (Å²) in [6.45, 7) is 4.29. The molecule has 0 spiro atoms. The molecule has 0 fully saturated rings. The van der Waals surface area contributed by atoms with Gasteiger partial charge in [-0.1, -0.05) is 42.5 Å². The number of ether oxygens (including phenoxy) is 1. The van der Waals surface area contributed by atoms with E-state index in [-0.39, 0.29) is 11.9 Å². The minimum atomic E-state index is -0.110. The van der Waals surface area contributed by atoms with Crippen molar-refractivity contribution in [2.45, 2.75) is 12.5 Å². The summed E-state index contributed by atoms with van der Waals surface area (Å²) in [5, 5.41) is 2.93. The topological polar surface area (TPSA) is 38.3 Å². The van der Waals surface area contributed by atoms with Crippen molar-refractivity contribution in [2.75, 3.05) is 6.61 Å². The van der Waals surface area contributed by atoms with Crippen LogP contribution >= 0.6 is 0 Å². The number of carbonyl (C=O) groups is 1. The molecule has 1 amide bonds. The Kier molecular flexibility index (Phi) is 5.59. The van der Waals surface area contributed by atoms with E-state index < -0.39 is 0 Å². The molecule has 0 heterocycles. The molecule has 0 saturated carbocycles. The molecule has 0 aliphatic carbocycles. The summed E-state index contributed by atoms with van der Waals surface area (Å²) in [5.74, 6) is 0.731. The van der Waals surface area contributed by atoms with Crippen molar-refractivity contribution in [3.8, 4) is 5.75 Å². The average molecular weight is 281 g/mol. The molecule has 1 N–H and O–H groups in total. The molecule has 0 unspecified atom stereocenters. The van der Waals surface area contributed by atoms with Gasteiger partial charge in [0.05, 0.1) is 12.6 Å². The van der Waals surface area contributed by atoms with E-state index in [1.54, 1.807) is 18.2 Å². The van der Waals surface area contributed by atoms with Crippen LogP contribution in [0.3, 0.4) is 0 Å². The Balaban J connectivity index is 1.81. The number of amides is 1. The normalized spacial score (nSPS) is 11.4. The third kappa shape index (κ3) is 4.80. The zero-order chi connectivity index (χ0) is 14.9. The summed E-state index contributed by atoms with van der Waals surface area (Å²) in [4.78, 5) is 12.0. The SMILES string of the molecule is C=C[C@@H](CCOc1ccccc1)NC(=O)c1ccccc1. The van der Waals surface area contributed by atoms with Crippen molar-refractivity contribution in [3.63, 3.8) is 0 Å². The summed E-state index contributed by atoms with van der Waals surface area (Å²) in [5.41, 5.74) is 0.647. The van der Waals surface area contributed by atoms with Gasteiger partial charge in [-0.15, -0.1) is 6.58 Å². The number of hydrogen-bond donors (Lipinski definition) is 1. The predicted molar refractivity (Wildman–Crippen MR) is 84.4 cm³/mol. The largest absolute Gasteiger partial charge is 0.494 e. The third-order valence-corrected chi connectivity index (χ3v) is 3.08. The van der Waals surface area contributed by atoms with Crippen LogP contribution in [-0.4, -0.2) is 18.6 Å². The molecule has 0 saturated heterocycles. The molecule has 2 rings (SSSR count). The fourth-order valence-electron chi connectivity index (χ4n) is 1.91. The van der Waals surface area contributed by atoms with Crippen LogP contribution in [-0.2, 0) is 0 Å². The molecule has 0 bridgehead atoms. The molecular formula is C18H19NO2. The predicted octanol–water partition coefficient (Wildman–Crippen LogP) is 3.44. The molecule has 0 radical (unpaired) electrons. The first-order valence-electron chi connectivity index (χ1n) is 6.96. The van der Waals surface area contributed by atoms with Gasteiger partial charge in [-0.05, 0) is 24.3 Å². The van der Waals surface area contributed by atoms with Gasteiger partial charge in [0.1, 0.15) is 5.75 Å². The lowest BCUT2D eigenvalue weighted by atomic mass is 10.1. The summed E-state index contributed by atoms with van der Waals surface area (Å²) >= 11 is 0. The Morgan fingerprint density at radius 1 is 1.10 bits per heavy atom. The van der Waals surface area contributed by atoms with E-state index in [1.165, 1.54) is 0 Å². The van der Waals surface area contributed by atoms with Crippen LogP contribution in [0.2, 0.25) is 0 Å². The highest BCUT2D eigenvalue weighted by molar-refractivity contribution is 5.94. The van der Waals surface area contributed by atoms with E-state index >= 15 is 0 Å². The number of hydrogen-bond acceptors (Lipinski definition) is 2. The van der Waals surface area contributed by atoms with Crippen LogP contribution in [0.5, 0.6) is 5.75 Å². The molecule has 3 nitrogen and oxygen atoms in total. The highest BCUT2D eigenvalue weighted by Gasteiger charge is 2.10. The Labute approximate surface area is 125 Å². The second-order valence-electron chi connectivity index (χ2n) is 4.63. The molecule has 0 aliphatic rings. The maximum Gasteiger partial charge on any atom is 0.251 e. The van der Waals surface area contributed by atoms with Crippen LogP contribution in [0.4, 0.5) is 0 Å². The van der Waals surface area contributed by atoms with Crippen molar-refractivity contribution in [3.05, 3.63) is 78.9 Å². The lowest BCUT2D eigenvalue weighted by Gasteiger charge is -2.15. The first-order valence-corrected chi connectivity index (χ1v) is 6.96. The van der Waals surface area contributed by atoms with Crippen molar-refractivity contribution in [2.24, 2.45) is 0 Å². The van der Waals surface area contributed by atoms with Gasteiger partial charge in [-0.3, -0.25) is 4.79 Å². The van der Waals surface area contributed by atoms with Crippen LogP contribution < -0.4 is 10.1 Å². The van der Waals surface area contributed by atoms with Crippen LogP contribution in [0, 0.1) is 0 Å². The highest BCUT2D eigenvalue weighted by Crippen LogP contribution is 2.09. The zero-order valence-corrected chi connectivity index (χ0v) is 11.9. The zero-order valence-electron chi connectivity index (χ0n) is 11.9. The molecule has 1 atom stereocenters. The second-order valence-corrected chi connectivity index (χ2v) is 4.63. The van der Waals surface area contributed by atoms with Crippen LogP contribution in [0.1, 0.15) is 16.8 Å². The van der Waals surface area contributed by atoms with Gasteiger partial charge < -0.3 is 10.1 Å². The maximum atomic E-state index is 12.0.